The average molecular weight is 565 g/mol. The standard InChI is InChI=1S/C20H23BrFIN2O3/c1-11(2)6-14(26)10-28-25-20(27)15-8-16(21)17(22)9-19(15)24-18-5-4-13(23)7-12(18)3/h4-5,7-9,11,14,24,26H,6,10H2,1-3H3,(H,25,27). The minimum Gasteiger partial charge on any atom is -0.391 e. The third kappa shape index (κ3) is 6.68. The molecule has 0 bridgehead atoms. The average Bonchev–Trinajstić information content (AvgIpc) is 2.59. The molecule has 1 unspecified atom stereocenters. The second kappa shape index (κ2) is 10.5. The summed E-state index contributed by atoms with van der Waals surface area (Å²) < 4.78 is 15.3. The van der Waals surface area contributed by atoms with Gasteiger partial charge in [0.1, 0.15) is 12.4 Å². The lowest BCUT2D eigenvalue weighted by molar-refractivity contribution is -0.0181. The molecule has 2 aromatic rings. The van der Waals surface area contributed by atoms with Crippen LogP contribution in [-0.2, 0) is 4.84 Å². The van der Waals surface area contributed by atoms with Crippen LogP contribution in [0.2, 0.25) is 0 Å². The van der Waals surface area contributed by atoms with E-state index in [-0.39, 0.29) is 16.6 Å². The van der Waals surface area contributed by atoms with Crippen molar-refractivity contribution < 1.29 is 19.1 Å². The number of aryl methyl sites for hydroxylation is 1. The summed E-state index contributed by atoms with van der Waals surface area (Å²) in [6, 6.07) is 8.42. The zero-order valence-electron chi connectivity index (χ0n) is 15.9. The topological polar surface area (TPSA) is 70.6 Å². The third-order valence-electron chi connectivity index (χ3n) is 3.95. The molecule has 0 aliphatic rings. The SMILES string of the molecule is Cc1cc(I)ccc1Nc1cc(F)c(Br)cc1C(=O)NOCC(O)CC(C)C. The van der Waals surface area contributed by atoms with Gasteiger partial charge < -0.3 is 10.4 Å². The maximum absolute atomic E-state index is 14.1. The Hall–Kier alpha value is -1.23. The molecule has 5 nitrogen and oxygen atoms in total. The molecule has 1 atom stereocenters. The van der Waals surface area contributed by atoms with Crippen molar-refractivity contribution in [1.82, 2.24) is 5.48 Å². The number of halogens is 3. The molecule has 0 aromatic heterocycles. The highest BCUT2D eigenvalue weighted by molar-refractivity contribution is 14.1. The lowest BCUT2D eigenvalue weighted by Crippen LogP contribution is -2.29. The summed E-state index contributed by atoms with van der Waals surface area (Å²) in [5, 5.41) is 13.0. The summed E-state index contributed by atoms with van der Waals surface area (Å²) >= 11 is 5.32. The molecule has 0 aliphatic heterocycles. The van der Waals surface area contributed by atoms with Crippen LogP contribution in [0.15, 0.2) is 34.8 Å². The fourth-order valence-electron chi connectivity index (χ4n) is 2.62. The van der Waals surface area contributed by atoms with Crippen molar-refractivity contribution in [2.75, 3.05) is 11.9 Å². The van der Waals surface area contributed by atoms with Gasteiger partial charge in [0.2, 0.25) is 0 Å². The Balaban J connectivity index is 2.16. The third-order valence-corrected chi connectivity index (χ3v) is 5.23. The van der Waals surface area contributed by atoms with Crippen LogP contribution < -0.4 is 10.8 Å². The minimum absolute atomic E-state index is 0.0225. The van der Waals surface area contributed by atoms with Crippen LogP contribution in [0.3, 0.4) is 0 Å². The molecule has 2 rings (SSSR count). The molecule has 1 amide bonds. The van der Waals surface area contributed by atoms with Gasteiger partial charge in [-0.2, -0.15) is 0 Å². The van der Waals surface area contributed by atoms with Gasteiger partial charge in [-0.1, -0.05) is 13.8 Å². The molecular weight excluding hydrogens is 542 g/mol. The first-order valence-corrected chi connectivity index (χ1v) is 10.7. The Morgan fingerprint density at radius 1 is 1.29 bits per heavy atom. The van der Waals surface area contributed by atoms with Crippen LogP contribution in [0, 0.1) is 22.2 Å². The van der Waals surface area contributed by atoms with Crippen molar-refractivity contribution >= 4 is 55.8 Å². The van der Waals surface area contributed by atoms with E-state index in [1.165, 1.54) is 12.1 Å². The Labute approximate surface area is 186 Å². The van der Waals surface area contributed by atoms with Gasteiger partial charge in [0.25, 0.3) is 5.91 Å². The van der Waals surface area contributed by atoms with E-state index in [2.05, 4.69) is 49.3 Å². The molecular formula is C20H23BrFIN2O3. The fourth-order valence-corrected chi connectivity index (χ4v) is 3.61. The smallest absolute Gasteiger partial charge is 0.276 e. The highest BCUT2D eigenvalue weighted by Crippen LogP contribution is 2.29. The molecule has 0 saturated carbocycles. The maximum Gasteiger partial charge on any atom is 0.276 e. The Morgan fingerprint density at radius 3 is 2.64 bits per heavy atom. The number of aliphatic hydroxyl groups is 1. The number of rotatable bonds is 8. The summed E-state index contributed by atoms with van der Waals surface area (Å²) in [7, 11) is 0. The highest BCUT2D eigenvalue weighted by atomic mass is 127. The number of hydrogen-bond acceptors (Lipinski definition) is 4. The van der Waals surface area contributed by atoms with Crippen LogP contribution in [-0.4, -0.2) is 23.7 Å². The monoisotopic (exact) mass is 564 g/mol. The van der Waals surface area contributed by atoms with Crippen molar-refractivity contribution in [1.29, 1.82) is 0 Å². The molecule has 0 radical (unpaired) electrons. The van der Waals surface area contributed by atoms with Crippen LogP contribution in [0.25, 0.3) is 0 Å². The number of carbonyl (C=O) groups excluding carboxylic acids is 1. The van der Waals surface area contributed by atoms with Crippen molar-refractivity contribution in [3.8, 4) is 0 Å². The van der Waals surface area contributed by atoms with Crippen LogP contribution in [0.5, 0.6) is 0 Å². The molecule has 3 N–H and O–H groups in total. The normalized spacial score (nSPS) is 12.1. The molecule has 152 valence electrons. The molecule has 0 fully saturated rings. The van der Waals surface area contributed by atoms with Crippen molar-refractivity contribution in [2.24, 2.45) is 5.92 Å². The van der Waals surface area contributed by atoms with Gasteiger partial charge in [-0.05, 0) is 93.7 Å². The van der Waals surface area contributed by atoms with Gasteiger partial charge in [-0.15, -0.1) is 0 Å². The number of amides is 1. The zero-order valence-corrected chi connectivity index (χ0v) is 19.6. The minimum atomic E-state index is -0.674. The van der Waals surface area contributed by atoms with E-state index in [0.29, 0.717) is 18.0 Å². The summed E-state index contributed by atoms with van der Waals surface area (Å²) in [6.45, 7) is 5.88. The predicted octanol–water partition coefficient (Wildman–Crippen LogP) is 5.31. The molecule has 0 aliphatic carbocycles. The van der Waals surface area contributed by atoms with E-state index in [1.54, 1.807) is 0 Å². The van der Waals surface area contributed by atoms with Gasteiger partial charge in [-0.3, -0.25) is 9.63 Å². The molecule has 8 heteroatoms. The van der Waals surface area contributed by atoms with E-state index < -0.39 is 17.8 Å². The van der Waals surface area contributed by atoms with Crippen LogP contribution in [0.1, 0.15) is 36.2 Å². The Morgan fingerprint density at radius 2 is 2.00 bits per heavy atom. The lowest BCUT2D eigenvalue weighted by atomic mass is 10.1. The second-order valence-corrected chi connectivity index (χ2v) is 9.02. The maximum atomic E-state index is 14.1. The number of nitrogens with one attached hydrogen (secondary N) is 2. The first-order chi connectivity index (χ1) is 13.2. The molecule has 2 aromatic carbocycles. The second-order valence-electron chi connectivity index (χ2n) is 6.92. The molecule has 0 heterocycles. The van der Waals surface area contributed by atoms with E-state index in [9.17, 15) is 14.3 Å². The number of hydroxylamine groups is 1. The Bertz CT molecular complexity index is 848. The number of anilines is 2. The predicted molar refractivity (Wildman–Crippen MR) is 120 cm³/mol. The molecule has 28 heavy (non-hydrogen) atoms. The number of carbonyl (C=O) groups is 1. The molecule has 0 spiro atoms. The summed E-state index contributed by atoms with van der Waals surface area (Å²) in [5.41, 5.74) is 4.58. The highest BCUT2D eigenvalue weighted by Gasteiger charge is 2.17. The van der Waals surface area contributed by atoms with Crippen LogP contribution in [0.4, 0.5) is 15.8 Å². The zero-order chi connectivity index (χ0) is 20.8. The fraction of sp³-hybridized carbons (Fsp3) is 0.350. The summed E-state index contributed by atoms with van der Waals surface area (Å²) in [4.78, 5) is 17.7. The first kappa shape index (κ1) is 23.1. The van der Waals surface area contributed by atoms with E-state index in [0.717, 1.165) is 14.8 Å². The van der Waals surface area contributed by atoms with E-state index in [1.807, 2.05) is 39.0 Å². The van der Waals surface area contributed by atoms with E-state index >= 15 is 0 Å². The van der Waals surface area contributed by atoms with Gasteiger partial charge >= 0.3 is 0 Å². The van der Waals surface area contributed by atoms with E-state index in [4.69, 9.17) is 4.84 Å². The Kier molecular flexibility index (Phi) is 8.66. The van der Waals surface area contributed by atoms with Crippen LogP contribution >= 0.6 is 38.5 Å². The van der Waals surface area contributed by atoms with Gasteiger partial charge in [0.05, 0.1) is 21.8 Å². The summed E-state index contributed by atoms with van der Waals surface area (Å²) in [5.74, 6) is -0.714. The number of aliphatic hydroxyl groups excluding tert-OH is 1. The molecule has 0 saturated heterocycles. The summed E-state index contributed by atoms with van der Waals surface area (Å²) in [6.07, 6.45) is -0.107. The quantitative estimate of drug-likeness (QED) is 0.300. The number of hydrogen-bond donors (Lipinski definition) is 3. The van der Waals surface area contributed by atoms with Crippen molar-refractivity contribution in [3.05, 3.63) is 55.3 Å². The largest absolute Gasteiger partial charge is 0.391 e. The van der Waals surface area contributed by atoms with Gasteiger partial charge in [-0.25, -0.2) is 9.87 Å². The van der Waals surface area contributed by atoms with Crippen molar-refractivity contribution in [2.45, 2.75) is 33.3 Å². The van der Waals surface area contributed by atoms with Gasteiger partial charge in [0.15, 0.2) is 0 Å². The van der Waals surface area contributed by atoms with Crippen molar-refractivity contribution in [3.63, 3.8) is 0 Å². The lowest BCUT2D eigenvalue weighted by Gasteiger charge is -2.16. The first-order valence-electron chi connectivity index (χ1n) is 8.79. The van der Waals surface area contributed by atoms with Gasteiger partial charge in [0, 0.05) is 9.26 Å². The number of benzene rings is 2.